The summed E-state index contributed by atoms with van der Waals surface area (Å²) < 4.78 is 1.72. The lowest BCUT2D eigenvalue weighted by Crippen LogP contribution is -2.38. The number of hydrogen-bond acceptors (Lipinski definition) is 4. The summed E-state index contributed by atoms with van der Waals surface area (Å²) >= 11 is 0. The summed E-state index contributed by atoms with van der Waals surface area (Å²) in [5, 5.41) is 11.3. The van der Waals surface area contributed by atoms with E-state index in [1.807, 2.05) is 37.2 Å². The first-order chi connectivity index (χ1) is 10.7. The zero-order chi connectivity index (χ0) is 15.5. The van der Waals surface area contributed by atoms with Gasteiger partial charge in [-0.1, -0.05) is 5.21 Å². The lowest BCUT2D eigenvalue weighted by atomic mass is 9.93. The SMILES string of the molecule is CNCCC1CCN(C(=O)c2ccc3c(c2)nnn3C)CC1. The fourth-order valence-corrected chi connectivity index (χ4v) is 3.13. The molecule has 6 heteroatoms. The van der Waals surface area contributed by atoms with Crippen molar-refractivity contribution in [2.75, 3.05) is 26.7 Å². The number of carbonyl (C=O) groups excluding carboxylic acids is 1. The molecule has 3 rings (SSSR count). The van der Waals surface area contributed by atoms with Gasteiger partial charge in [0.25, 0.3) is 5.91 Å². The van der Waals surface area contributed by atoms with Gasteiger partial charge in [0.2, 0.25) is 0 Å². The summed E-state index contributed by atoms with van der Waals surface area (Å²) in [6.07, 6.45) is 3.39. The van der Waals surface area contributed by atoms with E-state index in [4.69, 9.17) is 0 Å². The van der Waals surface area contributed by atoms with Crippen molar-refractivity contribution in [1.29, 1.82) is 0 Å². The molecule has 0 aliphatic carbocycles. The molecule has 1 N–H and O–H groups in total. The Balaban J connectivity index is 1.66. The minimum absolute atomic E-state index is 0.111. The van der Waals surface area contributed by atoms with Crippen molar-refractivity contribution >= 4 is 16.9 Å². The van der Waals surface area contributed by atoms with Crippen LogP contribution in [0.25, 0.3) is 11.0 Å². The fraction of sp³-hybridized carbons (Fsp3) is 0.562. The summed E-state index contributed by atoms with van der Waals surface area (Å²) in [7, 11) is 3.84. The maximum Gasteiger partial charge on any atom is 0.253 e. The van der Waals surface area contributed by atoms with Crippen molar-refractivity contribution in [2.24, 2.45) is 13.0 Å². The van der Waals surface area contributed by atoms with Gasteiger partial charge in [0.1, 0.15) is 5.52 Å². The molecule has 118 valence electrons. The standard InChI is InChI=1S/C16H23N5O/c1-17-8-5-12-6-9-21(10-7-12)16(22)13-3-4-15-14(11-13)18-19-20(15)2/h3-4,11-12,17H,5-10H2,1-2H3. The molecule has 1 aliphatic rings. The predicted molar refractivity (Wildman–Crippen MR) is 85.7 cm³/mol. The number of piperidine rings is 1. The van der Waals surface area contributed by atoms with E-state index < -0.39 is 0 Å². The molecule has 1 saturated heterocycles. The van der Waals surface area contributed by atoms with E-state index in [0.717, 1.165) is 49.4 Å². The highest BCUT2D eigenvalue weighted by molar-refractivity contribution is 5.97. The second-order valence-electron chi connectivity index (χ2n) is 6.04. The van der Waals surface area contributed by atoms with Crippen LogP contribution in [0.2, 0.25) is 0 Å². The largest absolute Gasteiger partial charge is 0.339 e. The van der Waals surface area contributed by atoms with Crippen molar-refractivity contribution in [3.8, 4) is 0 Å². The number of likely N-dealkylation sites (tertiary alicyclic amines) is 1. The van der Waals surface area contributed by atoms with Gasteiger partial charge in [-0.3, -0.25) is 4.79 Å². The van der Waals surface area contributed by atoms with Crippen LogP contribution in [0.5, 0.6) is 0 Å². The molecule has 2 aromatic rings. The van der Waals surface area contributed by atoms with Crippen LogP contribution in [0.1, 0.15) is 29.6 Å². The topological polar surface area (TPSA) is 63.1 Å². The number of fused-ring (bicyclic) bond motifs is 1. The predicted octanol–water partition coefficient (Wildman–Crippen LogP) is 1.43. The molecule has 6 nitrogen and oxygen atoms in total. The smallest absolute Gasteiger partial charge is 0.253 e. The van der Waals surface area contributed by atoms with Crippen LogP contribution in [0.3, 0.4) is 0 Å². The van der Waals surface area contributed by atoms with E-state index in [0.29, 0.717) is 5.56 Å². The molecule has 2 heterocycles. The lowest BCUT2D eigenvalue weighted by Gasteiger charge is -2.32. The average Bonchev–Trinajstić information content (AvgIpc) is 2.93. The molecule has 0 spiro atoms. The first kappa shape index (κ1) is 15.0. The maximum atomic E-state index is 12.6. The number of aromatic nitrogens is 3. The highest BCUT2D eigenvalue weighted by Gasteiger charge is 2.23. The molecular weight excluding hydrogens is 278 g/mol. The van der Waals surface area contributed by atoms with Gasteiger partial charge < -0.3 is 10.2 Å². The van der Waals surface area contributed by atoms with E-state index >= 15 is 0 Å². The Hall–Kier alpha value is -1.95. The fourth-order valence-electron chi connectivity index (χ4n) is 3.13. The van der Waals surface area contributed by atoms with Gasteiger partial charge in [-0.2, -0.15) is 0 Å². The van der Waals surface area contributed by atoms with Crippen molar-refractivity contribution in [3.05, 3.63) is 23.8 Å². The highest BCUT2D eigenvalue weighted by Crippen LogP contribution is 2.22. The number of hydrogen-bond donors (Lipinski definition) is 1. The number of benzene rings is 1. The van der Waals surface area contributed by atoms with Crippen LogP contribution >= 0.6 is 0 Å². The molecule has 1 aromatic carbocycles. The van der Waals surface area contributed by atoms with Crippen molar-refractivity contribution in [3.63, 3.8) is 0 Å². The van der Waals surface area contributed by atoms with Gasteiger partial charge in [0.05, 0.1) is 5.52 Å². The Morgan fingerprint density at radius 1 is 1.36 bits per heavy atom. The molecule has 0 saturated carbocycles. The Bertz CT molecular complexity index is 658. The summed E-state index contributed by atoms with van der Waals surface area (Å²) in [6, 6.07) is 5.64. The monoisotopic (exact) mass is 301 g/mol. The summed E-state index contributed by atoms with van der Waals surface area (Å²) in [4.78, 5) is 14.6. The van der Waals surface area contributed by atoms with Crippen LogP contribution in [0.4, 0.5) is 0 Å². The molecule has 0 atom stereocenters. The molecule has 0 radical (unpaired) electrons. The van der Waals surface area contributed by atoms with E-state index in [1.165, 1.54) is 6.42 Å². The molecule has 1 fully saturated rings. The minimum atomic E-state index is 0.111. The molecule has 1 aliphatic heterocycles. The number of carbonyl (C=O) groups is 1. The van der Waals surface area contributed by atoms with Gasteiger partial charge in [-0.05, 0) is 57.0 Å². The van der Waals surface area contributed by atoms with Gasteiger partial charge in [-0.15, -0.1) is 5.10 Å². The van der Waals surface area contributed by atoms with Gasteiger partial charge in [0.15, 0.2) is 0 Å². The van der Waals surface area contributed by atoms with Crippen LogP contribution < -0.4 is 5.32 Å². The van der Waals surface area contributed by atoms with Gasteiger partial charge in [-0.25, -0.2) is 4.68 Å². The van der Waals surface area contributed by atoms with Crippen molar-refractivity contribution in [2.45, 2.75) is 19.3 Å². The molecule has 1 amide bonds. The van der Waals surface area contributed by atoms with Gasteiger partial charge in [0, 0.05) is 25.7 Å². The zero-order valence-electron chi connectivity index (χ0n) is 13.2. The average molecular weight is 301 g/mol. The summed E-state index contributed by atoms with van der Waals surface area (Å²) in [6.45, 7) is 2.76. The zero-order valence-corrected chi connectivity index (χ0v) is 13.2. The number of aryl methyl sites for hydroxylation is 1. The Kier molecular flexibility index (Phi) is 4.38. The first-order valence-corrected chi connectivity index (χ1v) is 7.92. The molecule has 0 unspecified atom stereocenters. The number of amides is 1. The Morgan fingerprint density at radius 3 is 2.86 bits per heavy atom. The third-order valence-electron chi connectivity index (χ3n) is 4.56. The van der Waals surface area contributed by atoms with E-state index in [-0.39, 0.29) is 5.91 Å². The summed E-state index contributed by atoms with van der Waals surface area (Å²) in [5.74, 6) is 0.846. The Morgan fingerprint density at radius 2 is 2.14 bits per heavy atom. The number of rotatable bonds is 4. The third-order valence-corrected chi connectivity index (χ3v) is 4.56. The first-order valence-electron chi connectivity index (χ1n) is 7.92. The molecule has 22 heavy (non-hydrogen) atoms. The quantitative estimate of drug-likeness (QED) is 0.928. The van der Waals surface area contributed by atoms with Crippen LogP contribution in [-0.4, -0.2) is 52.5 Å². The van der Waals surface area contributed by atoms with E-state index in [1.54, 1.807) is 4.68 Å². The van der Waals surface area contributed by atoms with Crippen LogP contribution in [0.15, 0.2) is 18.2 Å². The Labute approximate surface area is 130 Å². The number of nitrogens with one attached hydrogen (secondary N) is 1. The second kappa shape index (κ2) is 6.44. The second-order valence-corrected chi connectivity index (χ2v) is 6.04. The molecule has 0 bridgehead atoms. The lowest BCUT2D eigenvalue weighted by molar-refractivity contribution is 0.0687. The van der Waals surface area contributed by atoms with Crippen LogP contribution in [0, 0.1) is 5.92 Å². The maximum absolute atomic E-state index is 12.6. The number of nitrogens with zero attached hydrogens (tertiary/aromatic N) is 4. The van der Waals surface area contributed by atoms with Crippen molar-refractivity contribution in [1.82, 2.24) is 25.2 Å². The van der Waals surface area contributed by atoms with E-state index in [2.05, 4.69) is 15.6 Å². The highest BCUT2D eigenvalue weighted by atomic mass is 16.2. The van der Waals surface area contributed by atoms with Gasteiger partial charge >= 0.3 is 0 Å². The molecular formula is C16H23N5O. The van der Waals surface area contributed by atoms with Crippen molar-refractivity contribution < 1.29 is 4.79 Å². The van der Waals surface area contributed by atoms with E-state index in [9.17, 15) is 4.79 Å². The van der Waals surface area contributed by atoms with Crippen LogP contribution in [-0.2, 0) is 7.05 Å². The molecule has 1 aromatic heterocycles. The third kappa shape index (κ3) is 2.97. The minimum Gasteiger partial charge on any atom is -0.339 e. The summed E-state index contributed by atoms with van der Waals surface area (Å²) in [5.41, 5.74) is 2.43. The normalized spacial score (nSPS) is 16.4.